The van der Waals surface area contributed by atoms with E-state index in [1.165, 1.54) is 8.61 Å². The molecule has 2 saturated heterocycles. The van der Waals surface area contributed by atoms with Crippen LogP contribution in [0.25, 0.3) is 0 Å². The highest BCUT2D eigenvalue weighted by Crippen LogP contribution is 2.15. The van der Waals surface area contributed by atoms with Crippen LogP contribution in [-0.2, 0) is 26.2 Å². The highest BCUT2D eigenvalue weighted by atomic mass is 32.2. The van der Waals surface area contributed by atoms with Crippen LogP contribution in [-0.4, -0.2) is 85.3 Å². The number of morpholine rings is 1. The van der Waals surface area contributed by atoms with Crippen molar-refractivity contribution in [3.63, 3.8) is 0 Å². The van der Waals surface area contributed by atoms with E-state index >= 15 is 0 Å². The van der Waals surface area contributed by atoms with Crippen molar-refractivity contribution in [3.8, 4) is 0 Å². The molecule has 138 valence electrons. The minimum Gasteiger partial charge on any atom is -0.379 e. The maximum absolute atomic E-state index is 12.6. The van der Waals surface area contributed by atoms with Gasteiger partial charge in [-0.25, -0.2) is 0 Å². The Hall–Kier alpha value is -1.55. The van der Waals surface area contributed by atoms with Gasteiger partial charge in [0.1, 0.15) is 0 Å². The largest absolute Gasteiger partial charge is 0.379 e. The Morgan fingerprint density at radius 3 is 2.40 bits per heavy atom. The molecular weight excluding hydrogens is 344 g/mol. The van der Waals surface area contributed by atoms with Crippen LogP contribution < -0.4 is 0 Å². The fourth-order valence-corrected chi connectivity index (χ4v) is 4.63. The minimum atomic E-state index is -3.45. The highest BCUT2D eigenvalue weighted by Gasteiger charge is 2.34. The Balaban J connectivity index is 1.48. The molecule has 25 heavy (non-hydrogen) atoms. The Labute approximate surface area is 148 Å². The molecule has 0 bridgehead atoms. The molecule has 0 spiro atoms. The van der Waals surface area contributed by atoms with Crippen LogP contribution in [0.2, 0.25) is 0 Å². The molecule has 9 heteroatoms. The number of piperazine rings is 1. The molecule has 0 radical (unpaired) electrons. The molecule has 1 aromatic heterocycles. The Bertz CT molecular complexity index is 669. The predicted octanol–water partition coefficient (Wildman–Crippen LogP) is -0.265. The Morgan fingerprint density at radius 2 is 1.76 bits per heavy atom. The number of amides is 1. The molecule has 1 aromatic rings. The molecule has 0 atom stereocenters. The second kappa shape index (κ2) is 8.22. The number of pyridine rings is 1. The molecule has 2 aliphatic rings. The van der Waals surface area contributed by atoms with Crippen LogP contribution in [0, 0.1) is 0 Å². The second-order valence-corrected chi connectivity index (χ2v) is 8.09. The smallest absolute Gasteiger partial charge is 0.282 e. The van der Waals surface area contributed by atoms with Crippen LogP contribution in [0.4, 0.5) is 0 Å². The number of aryl methyl sites for hydroxylation is 1. The number of carbonyl (C=O) groups is 1. The van der Waals surface area contributed by atoms with E-state index in [9.17, 15) is 13.2 Å². The van der Waals surface area contributed by atoms with E-state index in [1.54, 1.807) is 17.3 Å². The number of ether oxygens (including phenoxy) is 1. The van der Waals surface area contributed by atoms with E-state index in [1.807, 2.05) is 12.1 Å². The van der Waals surface area contributed by atoms with Gasteiger partial charge in [0, 0.05) is 58.1 Å². The number of hydrogen-bond donors (Lipinski definition) is 0. The minimum absolute atomic E-state index is 0.0623. The summed E-state index contributed by atoms with van der Waals surface area (Å²) in [7, 11) is -3.45. The lowest BCUT2D eigenvalue weighted by Crippen LogP contribution is -2.55. The van der Waals surface area contributed by atoms with Crippen molar-refractivity contribution in [2.75, 3.05) is 52.5 Å². The predicted molar refractivity (Wildman–Crippen MR) is 92.0 cm³/mol. The quantitative estimate of drug-likeness (QED) is 0.715. The molecule has 0 aromatic carbocycles. The van der Waals surface area contributed by atoms with Gasteiger partial charge in [0.2, 0.25) is 5.91 Å². The molecule has 0 unspecified atom stereocenters. The van der Waals surface area contributed by atoms with E-state index in [-0.39, 0.29) is 5.91 Å². The summed E-state index contributed by atoms with van der Waals surface area (Å²) in [6.07, 6.45) is 4.54. The number of carbonyl (C=O) groups excluding carboxylic acids is 1. The summed E-state index contributed by atoms with van der Waals surface area (Å²) >= 11 is 0. The molecule has 1 amide bonds. The van der Waals surface area contributed by atoms with Gasteiger partial charge in [-0.05, 0) is 18.1 Å². The molecular formula is C16H24N4O4S. The van der Waals surface area contributed by atoms with Crippen molar-refractivity contribution < 1.29 is 17.9 Å². The maximum Gasteiger partial charge on any atom is 0.282 e. The third kappa shape index (κ3) is 4.55. The summed E-state index contributed by atoms with van der Waals surface area (Å²) in [4.78, 5) is 18.1. The Morgan fingerprint density at radius 1 is 1.08 bits per heavy atom. The van der Waals surface area contributed by atoms with Crippen LogP contribution >= 0.6 is 0 Å². The lowest BCUT2D eigenvalue weighted by atomic mass is 10.1. The van der Waals surface area contributed by atoms with Gasteiger partial charge in [-0.1, -0.05) is 6.07 Å². The standard InChI is InChI=1S/C16H24N4O4S/c21-16(4-3-15-2-1-5-17-14-15)18-6-8-19(9-7-18)25(22,23)20-10-12-24-13-11-20/h1-2,5,14H,3-4,6-13H2. The summed E-state index contributed by atoms with van der Waals surface area (Å²) in [5.41, 5.74) is 1.03. The van der Waals surface area contributed by atoms with E-state index in [4.69, 9.17) is 4.74 Å². The van der Waals surface area contributed by atoms with E-state index in [0.717, 1.165) is 5.56 Å². The molecule has 2 fully saturated rings. The summed E-state index contributed by atoms with van der Waals surface area (Å²) < 4.78 is 33.4. The lowest BCUT2D eigenvalue weighted by molar-refractivity contribution is -0.132. The SMILES string of the molecule is O=C(CCc1cccnc1)N1CCN(S(=O)(=O)N2CCOCC2)CC1. The zero-order valence-corrected chi connectivity index (χ0v) is 15.0. The molecule has 8 nitrogen and oxygen atoms in total. The first-order valence-corrected chi connectivity index (χ1v) is 9.97. The zero-order chi connectivity index (χ0) is 17.7. The second-order valence-electron chi connectivity index (χ2n) is 6.16. The van der Waals surface area contributed by atoms with Crippen molar-refractivity contribution in [3.05, 3.63) is 30.1 Å². The molecule has 0 N–H and O–H groups in total. The van der Waals surface area contributed by atoms with Crippen molar-refractivity contribution in [2.45, 2.75) is 12.8 Å². The van der Waals surface area contributed by atoms with Gasteiger partial charge in [0.05, 0.1) is 13.2 Å². The molecule has 3 rings (SSSR count). The van der Waals surface area contributed by atoms with E-state index in [2.05, 4.69) is 4.98 Å². The first-order chi connectivity index (χ1) is 12.1. The maximum atomic E-state index is 12.6. The van der Waals surface area contributed by atoms with E-state index in [0.29, 0.717) is 65.3 Å². The number of aromatic nitrogens is 1. The third-order valence-corrected chi connectivity index (χ3v) is 6.60. The average molecular weight is 368 g/mol. The fraction of sp³-hybridized carbons (Fsp3) is 0.625. The summed E-state index contributed by atoms with van der Waals surface area (Å²) in [6.45, 7) is 3.23. The van der Waals surface area contributed by atoms with Crippen molar-refractivity contribution in [2.24, 2.45) is 0 Å². The normalized spacial score (nSPS) is 20.6. The van der Waals surface area contributed by atoms with Gasteiger partial charge in [-0.15, -0.1) is 0 Å². The Kier molecular flexibility index (Phi) is 6.00. The van der Waals surface area contributed by atoms with Crippen LogP contribution in [0.5, 0.6) is 0 Å². The van der Waals surface area contributed by atoms with Crippen molar-refractivity contribution >= 4 is 16.1 Å². The molecule has 0 saturated carbocycles. The van der Waals surface area contributed by atoms with Crippen molar-refractivity contribution in [1.82, 2.24) is 18.5 Å². The van der Waals surface area contributed by atoms with Gasteiger partial charge < -0.3 is 9.64 Å². The monoisotopic (exact) mass is 368 g/mol. The first kappa shape index (κ1) is 18.2. The summed E-state index contributed by atoms with van der Waals surface area (Å²) in [6, 6.07) is 3.81. The fourth-order valence-electron chi connectivity index (χ4n) is 3.06. The summed E-state index contributed by atoms with van der Waals surface area (Å²) in [5.74, 6) is 0.0623. The van der Waals surface area contributed by atoms with Gasteiger partial charge in [0.15, 0.2) is 0 Å². The third-order valence-electron chi connectivity index (χ3n) is 4.56. The van der Waals surface area contributed by atoms with E-state index < -0.39 is 10.2 Å². The molecule has 0 aliphatic carbocycles. The number of hydrogen-bond acceptors (Lipinski definition) is 5. The topological polar surface area (TPSA) is 83.1 Å². The lowest BCUT2D eigenvalue weighted by Gasteiger charge is -2.37. The zero-order valence-electron chi connectivity index (χ0n) is 14.2. The highest BCUT2D eigenvalue weighted by molar-refractivity contribution is 7.86. The van der Waals surface area contributed by atoms with Gasteiger partial charge in [-0.2, -0.15) is 17.0 Å². The first-order valence-electron chi connectivity index (χ1n) is 8.57. The van der Waals surface area contributed by atoms with Gasteiger partial charge in [-0.3, -0.25) is 9.78 Å². The van der Waals surface area contributed by atoms with Gasteiger partial charge in [0.25, 0.3) is 10.2 Å². The van der Waals surface area contributed by atoms with Crippen LogP contribution in [0.1, 0.15) is 12.0 Å². The number of rotatable bonds is 5. The average Bonchev–Trinajstić information content (AvgIpc) is 2.68. The van der Waals surface area contributed by atoms with Gasteiger partial charge >= 0.3 is 0 Å². The summed E-state index contributed by atoms with van der Waals surface area (Å²) in [5, 5.41) is 0. The molecule has 2 aliphatic heterocycles. The van der Waals surface area contributed by atoms with Crippen LogP contribution in [0.15, 0.2) is 24.5 Å². The van der Waals surface area contributed by atoms with Crippen LogP contribution in [0.3, 0.4) is 0 Å². The van der Waals surface area contributed by atoms with Crippen molar-refractivity contribution in [1.29, 1.82) is 0 Å². The number of nitrogens with zero attached hydrogens (tertiary/aromatic N) is 4. The molecule has 3 heterocycles.